The van der Waals surface area contributed by atoms with E-state index in [0.717, 1.165) is 16.8 Å². The van der Waals surface area contributed by atoms with Crippen molar-refractivity contribution in [1.29, 1.82) is 0 Å². The monoisotopic (exact) mass is 421 g/mol. The van der Waals surface area contributed by atoms with Gasteiger partial charge >= 0.3 is 0 Å². The van der Waals surface area contributed by atoms with E-state index in [1.165, 1.54) is 28.3 Å². The van der Waals surface area contributed by atoms with Crippen LogP contribution in [0, 0.1) is 13.8 Å². The van der Waals surface area contributed by atoms with Crippen LogP contribution in [0.2, 0.25) is 0 Å². The van der Waals surface area contributed by atoms with Gasteiger partial charge in [0, 0.05) is 25.0 Å². The van der Waals surface area contributed by atoms with Crippen molar-refractivity contribution in [3.63, 3.8) is 0 Å². The third-order valence-electron chi connectivity index (χ3n) is 4.17. The number of hydrogen-bond acceptors (Lipinski definition) is 6. The van der Waals surface area contributed by atoms with E-state index in [1.54, 1.807) is 6.07 Å². The number of carbonyl (C=O) groups excluding carboxylic acids is 1. The Bertz CT molecular complexity index is 920. The van der Waals surface area contributed by atoms with Crippen LogP contribution in [0.3, 0.4) is 0 Å². The number of thioether (sulfide) groups is 1. The van der Waals surface area contributed by atoms with Crippen molar-refractivity contribution in [3.8, 4) is 0 Å². The molecule has 28 heavy (non-hydrogen) atoms. The molecule has 0 atom stereocenters. The molecule has 1 fully saturated rings. The first-order chi connectivity index (χ1) is 13.3. The molecule has 0 aliphatic carbocycles. The van der Waals surface area contributed by atoms with Crippen molar-refractivity contribution in [3.05, 3.63) is 47.7 Å². The molecule has 2 aromatic rings. The molecule has 1 aromatic carbocycles. The number of morpholine rings is 1. The van der Waals surface area contributed by atoms with Gasteiger partial charge in [0.1, 0.15) is 4.90 Å². The quantitative estimate of drug-likeness (QED) is 0.721. The fraction of sp³-hybridized carbons (Fsp3) is 0.368. The number of hydrogen-bond donors (Lipinski definition) is 1. The van der Waals surface area contributed by atoms with Crippen molar-refractivity contribution in [2.45, 2.75) is 23.8 Å². The number of ether oxygens (including phenoxy) is 1. The van der Waals surface area contributed by atoms with Crippen LogP contribution >= 0.6 is 11.8 Å². The Labute approximate surface area is 169 Å². The summed E-state index contributed by atoms with van der Waals surface area (Å²) in [4.78, 5) is 16.5. The highest BCUT2D eigenvalue weighted by Gasteiger charge is 2.26. The average Bonchev–Trinajstić information content (AvgIpc) is 2.66. The third-order valence-corrected chi connectivity index (χ3v) is 7.00. The predicted molar refractivity (Wildman–Crippen MR) is 109 cm³/mol. The van der Waals surface area contributed by atoms with Crippen molar-refractivity contribution >= 4 is 33.4 Å². The zero-order valence-electron chi connectivity index (χ0n) is 15.8. The van der Waals surface area contributed by atoms with Crippen LogP contribution < -0.4 is 5.32 Å². The minimum Gasteiger partial charge on any atom is -0.379 e. The largest absolute Gasteiger partial charge is 0.379 e. The molecule has 1 aliphatic rings. The van der Waals surface area contributed by atoms with Crippen LogP contribution in [0.15, 0.2) is 46.5 Å². The molecule has 7 nitrogen and oxygen atoms in total. The molecule has 1 aromatic heterocycles. The van der Waals surface area contributed by atoms with E-state index in [-0.39, 0.29) is 16.6 Å². The van der Waals surface area contributed by atoms with Crippen LogP contribution in [0.5, 0.6) is 0 Å². The number of amides is 1. The van der Waals surface area contributed by atoms with Crippen molar-refractivity contribution in [2.75, 3.05) is 37.4 Å². The lowest BCUT2D eigenvalue weighted by Gasteiger charge is -2.25. The lowest BCUT2D eigenvalue weighted by atomic mass is 10.1. The average molecular weight is 422 g/mol. The van der Waals surface area contributed by atoms with E-state index in [0.29, 0.717) is 31.3 Å². The topological polar surface area (TPSA) is 88.6 Å². The number of nitrogens with zero attached hydrogens (tertiary/aromatic N) is 2. The SMILES string of the molecule is Cc1cc(C)cc(NC(=O)CSc2ccc(S(=O)(=O)N3CCOCC3)cn2)c1. The highest BCUT2D eigenvalue weighted by atomic mass is 32.2. The van der Waals surface area contributed by atoms with Gasteiger partial charge in [-0.05, 0) is 49.2 Å². The molecule has 9 heteroatoms. The zero-order valence-corrected chi connectivity index (χ0v) is 17.5. The molecule has 3 rings (SSSR count). The summed E-state index contributed by atoms with van der Waals surface area (Å²) < 4.78 is 31.8. The number of carbonyl (C=O) groups is 1. The fourth-order valence-corrected chi connectivity index (χ4v) is 4.92. The summed E-state index contributed by atoms with van der Waals surface area (Å²) >= 11 is 1.26. The normalized spacial score (nSPS) is 15.4. The van der Waals surface area contributed by atoms with Gasteiger partial charge in [-0.2, -0.15) is 4.31 Å². The van der Waals surface area contributed by atoms with E-state index in [2.05, 4.69) is 10.3 Å². The summed E-state index contributed by atoms with van der Waals surface area (Å²) in [5, 5.41) is 3.46. The Kier molecular flexibility index (Phi) is 6.71. The first-order valence-electron chi connectivity index (χ1n) is 8.89. The van der Waals surface area contributed by atoms with E-state index >= 15 is 0 Å². The summed E-state index contributed by atoms with van der Waals surface area (Å²) in [5.74, 6) is 0.0528. The van der Waals surface area contributed by atoms with Crippen molar-refractivity contribution < 1.29 is 17.9 Å². The van der Waals surface area contributed by atoms with E-state index in [1.807, 2.05) is 32.0 Å². The Hall–Kier alpha value is -1.94. The second kappa shape index (κ2) is 9.04. The molecule has 1 saturated heterocycles. The van der Waals surface area contributed by atoms with Gasteiger partial charge in [-0.3, -0.25) is 4.79 Å². The highest BCUT2D eigenvalue weighted by Crippen LogP contribution is 2.21. The number of rotatable bonds is 6. The van der Waals surface area contributed by atoms with Crippen LogP contribution in [0.1, 0.15) is 11.1 Å². The first-order valence-corrected chi connectivity index (χ1v) is 11.3. The number of nitrogens with one attached hydrogen (secondary N) is 1. The molecule has 1 N–H and O–H groups in total. The van der Waals surface area contributed by atoms with Crippen LogP contribution in [-0.2, 0) is 19.6 Å². The first kappa shape index (κ1) is 20.8. The molecule has 0 bridgehead atoms. The summed E-state index contributed by atoms with van der Waals surface area (Å²) in [5.41, 5.74) is 2.94. The zero-order chi connectivity index (χ0) is 20.1. The van der Waals surface area contributed by atoms with Gasteiger partial charge in [0.25, 0.3) is 0 Å². The number of benzene rings is 1. The highest BCUT2D eigenvalue weighted by molar-refractivity contribution is 7.99. The van der Waals surface area contributed by atoms with Crippen molar-refractivity contribution in [1.82, 2.24) is 9.29 Å². The Morgan fingerprint density at radius 1 is 1.18 bits per heavy atom. The maximum atomic E-state index is 12.6. The third kappa shape index (κ3) is 5.32. The molecule has 0 radical (unpaired) electrons. The molecule has 0 unspecified atom stereocenters. The second-order valence-electron chi connectivity index (χ2n) is 6.56. The molecular weight excluding hydrogens is 398 g/mol. The number of aromatic nitrogens is 1. The summed E-state index contributed by atoms with van der Waals surface area (Å²) in [6, 6.07) is 9.03. The number of pyridine rings is 1. The maximum absolute atomic E-state index is 12.6. The van der Waals surface area contributed by atoms with Crippen LogP contribution in [0.4, 0.5) is 5.69 Å². The van der Waals surface area contributed by atoms with E-state index in [4.69, 9.17) is 4.74 Å². The molecule has 0 saturated carbocycles. The number of aryl methyl sites for hydroxylation is 2. The van der Waals surface area contributed by atoms with E-state index < -0.39 is 10.0 Å². The fourth-order valence-electron chi connectivity index (χ4n) is 2.92. The number of anilines is 1. The van der Waals surface area contributed by atoms with Gasteiger partial charge in [0.2, 0.25) is 15.9 Å². The van der Waals surface area contributed by atoms with Gasteiger partial charge in [0.15, 0.2) is 0 Å². The molecule has 2 heterocycles. The van der Waals surface area contributed by atoms with Gasteiger partial charge in [-0.1, -0.05) is 17.8 Å². The van der Waals surface area contributed by atoms with Gasteiger partial charge in [-0.25, -0.2) is 13.4 Å². The lowest BCUT2D eigenvalue weighted by molar-refractivity contribution is -0.113. The maximum Gasteiger partial charge on any atom is 0.244 e. The standard InChI is InChI=1S/C19H23N3O4S2/c1-14-9-15(2)11-16(10-14)21-18(23)13-27-19-4-3-17(12-20-19)28(24,25)22-5-7-26-8-6-22/h3-4,9-12H,5-8,13H2,1-2H3,(H,21,23). The molecular formula is C19H23N3O4S2. The van der Waals surface area contributed by atoms with Crippen LogP contribution in [-0.4, -0.2) is 55.7 Å². The molecule has 1 amide bonds. The second-order valence-corrected chi connectivity index (χ2v) is 9.50. The van der Waals surface area contributed by atoms with Gasteiger partial charge in [-0.15, -0.1) is 0 Å². The summed E-state index contributed by atoms with van der Waals surface area (Å²) in [6.45, 7) is 5.45. The van der Waals surface area contributed by atoms with Crippen molar-refractivity contribution in [2.24, 2.45) is 0 Å². The van der Waals surface area contributed by atoms with Crippen LogP contribution in [0.25, 0.3) is 0 Å². The summed E-state index contributed by atoms with van der Waals surface area (Å²) in [6.07, 6.45) is 1.34. The van der Waals surface area contributed by atoms with Gasteiger partial charge < -0.3 is 10.1 Å². The predicted octanol–water partition coefficient (Wildman–Crippen LogP) is 2.45. The lowest BCUT2D eigenvalue weighted by Crippen LogP contribution is -2.40. The molecule has 0 spiro atoms. The minimum atomic E-state index is -3.56. The Morgan fingerprint density at radius 3 is 2.46 bits per heavy atom. The minimum absolute atomic E-state index is 0.137. The van der Waals surface area contributed by atoms with Gasteiger partial charge in [0.05, 0.1) is 24.0 Å². The Morgan fingerprint density at radius 2 is 1.86 bits per heavy atom. The van der Waals surface area contributed by atoms with E-state index in [9.17, 15) is 13.2 Å². The number of sulfonamides is 1. The molecule has 1 aliphatic heterocycles. The molecule has 150 valence electrons. The summed E-state index contributed by atoms with van der Waals surface area (Å²) in [7, 11) is -3.56. The Balaban J connectivity index is 1.57. The smallest absolute Gasteiger partial charge is 0.244 e.